The van der Waals surface area contributed by atoms with Gasteiger partial charge < -0.3 is 5.73 Å². The zero-order valence-corrected chi connectivity index (χ0v) is 10.5. The standard InChI is InChI=1S/C13H17N5/c1-2-17-8-5-12-11(9-17)13(14)18(16-12)10-3-6-15-7-4-10/h3-4,6-7H,2,5,8-9,14H2,1H3. The van der Waals surface area contributed by atoms with Crippen molar-refractivity contribution in [3.8, 4) is 5.69 Å². The molecule has 5 nitrogen and oxygen atoms in total. The van der Waals surface area contributed by atoms with Gasteiger partial charge in [0.05, 0.1) is 11.4 Å². The molecule has 0 amide bonds. The van der Waals surface area contributed by atoms with E-state index in [4.69, 9.17) is 5.73 Å². The molecule has 18 heavy (non-hydrogen) atoms. The maximum absolute atomic E-state index is 6.23. The molecule has 1 aliphatic heterocycles. The van der Waals surface area contributed by atoms with Gasteiger partial charge in [-0.25, -0.2) is 4.68 Å². The average molecular weight is 243 g/mol. The lowest BCUT2D eigenvalue weighted by Crippen LogP contribution is -2.30. The predicted octanol–water partition coefficient (Wildman–Crippen LogP) is 1.23. The molecule has 0 aliphatic carbocycles. The van der Waals surface area contributed by atoms with Crippen LogP contribution in [0, 0.1) is 0 Å². The first-order valence-corrected chi connectivity index (χ1v) is 6.28. The number of hydrogen-bond acceptors (Lipinski definition) is 4. The first-order valence-electron chi connectivity index (χ1n) is 6.28. The van der Waals surface area contributed by atoms with E-state index in [9.17, 15) is 0 Å². The van der Waals surface area contributed by atoms with Gasteiger partial charge in [-0.3, -0.25) is 9.88 Å². The first-order chi connectivity index (χ1) is 8.79. The zero-order chi connectivity index (χ0) is 12.5. The Hall–Kier alpha value is -1.88. The minimum Gasteiger partial charge on any atom is -0.383 e. The summed E-state index contributed by atoms with van der Waals surface area (Å²) in [7, 11) is 0. The zero-order valence-electron chi connectivity index (χ0n) is 10.5. The lowest BCUT2D eigenvalue weighted by atomic mass is 10.1. The van der Waals surface area contributed by atoms with Crippen LogP contribution in [0.4, 0.5) is 5.82 Å². The van der Waals surface area contributed by atoms with Gasteiger partial charge in [-0.05, 0) is 18.7 Å². The molecule has 0 saturated heterocycles. The van der Waals surface area contributed by atoms with Crippen molar-refractivity contribution in [2.45, 2.75) is 19.9 Å². The van der Waals surface area contributed by atoms with E-state index in [0.29, 0.717) is 0 Å². The van der Waals surface area contributed by atoms with Crippen molar-refractivity contribution in [2.75, 3.05) is 18.8 Å². The Balaban J connectivity index is 2.02. The summed E-state index contributed by atoms with van der Waals surface area (Å²) >= 11 is 0. The van der Waals surface area contributed by atoms with Crippen LogP contribution in [0.5, 0.6) is 0 Å². The van der Waals surface area contributed by atoms with Crippen molar-refractivity contribution in [1.82, 2.24) is 19.7 Å². The van der Waals surface area contributed by atoms with Crippen molar-refractivity contribution in [2.24, 2.45) is 0 Å². The van der Waals surface area contributed by atoms with Gasteiger partial charge in [0.1, 0.15) is 5.82 Å². The lowest BCUT2D eigenvalue weighted by molar-refractivity contribution is 0.267. The van der Waals surface area contributed by atoms with Crippen molar-refractivity contribution in [1.29, 1.82) is 0 Å². The average Bonchev–Trinajstić information content (AvgIpc) is 2.77. The van der Waals surface area contributed by atoms with Gasteiger partial charge in [0.25, 0.3) is 0 Å². The van der Waals surface area contributed by atoms with Crippen molar-refractivity contribution in [3.05, 3.63) is 35.8 Å². The maximum Gasteiger partial charge on any atom is 0.132 e. The molecular formula is C13H17N5. The molecule has 2 N–H and O–H groups in total. The highest BCUT2D eigenvalue weighted by atomic mass is 15.3. The fourth-order valence-corrected chi connectivity index (χ4v) is 2.40. The molecule has 3 rings (SSSR count). The quantitative estimate of drug-likeness (QED) is 0.861. The molecule has 2 aromatic rings. The number of fused-ring (bicyclic) bond motifs is 1. The number of nitrogen functional groups attached to an aromatic ring is 1. The summed E-state index contributed by atoms with van der Waals surface area (Å²) < 4.78 is 1.82. The van der Waals surface area contributed by atoms with Crippen LogP contribution in [-0.2, 0) is 13.0 Å². The van der Waals surface area contributed by atoms with Gasteiger partial charge in [-0.15, -0.1) is 0 Å². The summed E-state index contributed by atoms with van der Waals surface area (Å²) in [6.45, 7) is 5.20. The number of pyridine rings is 1. The summed E-state index contributed by atoms with van der Waals surface area (Å²) in [4.78, 5) is 6.40. The Labute approximate surface area is 106 Å². The van der Waals surface area contributed by atoms with Gasteiger partial charge >= 0.3 is 0 Å². The molecule has 0 unspecified atom stereocenters. The number of nitrogens with two attached hydrogens (primary N) is 1. The summed E-state index contributed by atoms with van der Waals surface area (Å²) in [6, 6.07) is 3.85. The van der Waals surface area contributed by atoms with Gasteiger partial charge in [-0.2, -0.15) is 5.10 Å². The minimum atomic E-state index is 0.759. The number of hydrogen-bond donors (Lipinski definition) is 1. The second-order valence-electron chi connectivity index (χ2n) is 4.55. The summed E-state index contributed by atoms with van der Waals surface area (Å²) in [5, 5.41) is 4.63. The largest absolute Gasteiger partial charge is 0.383 e. The molecule has 1 aliphatic rings. The number of likely N-dealkylation sites (N-methyl/N-ethyl adjacent to an activating group) is 1. The highest BCUT2D eigenvalue weighted by molar-refractivity contribution is 5.50. The Bertz CT molecular complexity index is 546. The van der Waals surface area contributed by atoms with E-state index < -0.39 is 0 Å². The van der Waals surface area contributed by atoms with E-state index in [1.165, 1.54) is 5.56 Å². The van der Waals surface area contributed by atoms with Gasteiger partial charge in [0.2, 0.25) is 0 Å². The number of rotatable bonds is 2. The third-order valence-corrected chi connectivity index (χ3v) is 3.51. The molecule has 0 saturated carbocycles. The first kappa shape index (κ1) is 11.2. The SMILES string of the molecule is CCN1CCc2nn(-c3ccncc3)c(N)c2C1. The Morgan fingerprint density at radius 2 is 2.11 bits per heavy atom. The molecule has 94 valence electrons. The second kappa shape index (κ2) is 4.42. The third kappa shape index (κ3) is 1.76. The molecule has 3 heterocycles. The van der Waals surface area contributed by atoms with Crippen LogP contribution in [0.15, 0.2) is 24.5 Å². The van der Waals surface area contributed by atoms with Crippen LogP contribution >= 0.6 is 0 Å². The molecule has 0 bridgehead atoms. The highest BCUT2D eigenvalue weighted by Crippen LogP contribution is 2.26. The van der Waals surface area contributed by atoms with E-state index in [1.54, 1.807) is 12.4 Å². The lowest BCUT2D eigenvalue weighted by Gasteiger charge is -2.24. The minimum absolute atomic E-state index is 0.759. The van der Waals surface area contributed by atoms with E-state index in [-0.39, 0.29) is 0 Å². The summed E-state index contributed by atoms with van der Waals surface area (Å²) in [5.41, 5.74) is 9.51. The maximum atomic E-state index is 6.23. The van der Waals surface area contributed by atoms with E-state index in [2.05, 4.69) is 21.9 Å². The Morgan fingerprint density at radius 3 is 2.83 bits per heavy atom. The Kier molecular flexibility index (Phi) is 2.76. The van der Waals surface area contributed by atoms with Gasteiger partial charge in [0.15, 0.2) is 0 Å². The monoisotopic (exact) mass is 243 g/mol. The van der Waals surface area contributed by atoms with Crippen LogP contribution < -0.4 is 5.73 Å². The molecule has 0 atom stereocenters. The van der Waals surface area contributed by atoms with Crippen LogP contribution in [-0.4, -0.2) is 32.8 Å². The van der Waals surface area contributed by atoms with Crippen LogP contribution in [0.1, 0.15) is 18.2 Å². The molecule has 0 fully saturated rings. The van der Waals surface area contributed by atoms with Crippen LogP contribution in [0.25, 0.3) is 5.69 Å². The van der Waals surface area contributed by atoms with Crippen molar-refractivity contribution in [3.63, 3.8) is 0 Å². The molecule has 0 aromatic carbocycles. The van der Waals surface area contributed by atoms with Gasteiger partial charge in [-0.1, -0.05) is 6.92 Å². The number of anilines is 1. The fraction of sp³-hybridized carbons (Fsp3) is 0.385. The summed E-state index contributed by atoms with van der Waals surface area (Å²) in [6.07, 6.45) is 4.49. The highest BCUT2D eigenvalue weighted by Gasteiger charge is 2.22. The fourth-order valence-electron chi connectivity index (χ4n) is 2.40. The molecule has 0 spiro atoms. The van der Waals surface area contributed by atoms with E-state index in [1.807, 2.05) is 16.8 Å². The van der Waals surface area contributed by atoms with E-state index in [0.717, 1.165) is 43.3 Å². The van der Waals surface area contributed by atoms with Crippen molar-refractivity contribution >= 4 is 5.82 Å². The van der Waals surface area contributed by atoms with E-state index >= 15 is 0 Å². The molecule has 5 heteroatoms. The number of nitrogens with zero attached hydrogens (tertiary/aromatic N) is 4. The normalized spacial score (nSPS) is 15.6. The predicted molar refractivity (Wildman–Crippen MR) is 70.4 cm³/mol. The molecular weight excluding hydrogens is 226 g/mol. The number of aromatic nitrogens is 3. The second-order valence-corrected chi connectivity index (χ2v) is 4.55. The third-order valence-electron chi connectivity index (χ3n) is 3.51. The summed E-state index contributed by atoms with van der Waals surface area (Å²) in [5.74, 6) is 0.759. The molecule has 0 radical (unpaired) electrons. The van der Waals surface area contributed by atoms with Crippen LogP contribution in [0.2, 0.25) is 0 Å². The van der Waals surface area contributed by atoms with Crippen molar-refractivity contribution < 1.29 is 0 Å². The van der Waals surface area contributed by atoms with Gasteiger partial charge in [0, 0.05) is 37.5 Å². The smallest absolute Gasteiger partial charge is 0.132 e. The molecule has 2 aromatic heterocycles. The Morgan fingerprint density at radius 1 is 1.33 bits per heavy atom. The topological polar surface area (TPSA) is 60.0 Å². The van der Waals surface area contributed by atoms with Crippen LogP contribution in [0.3, 0.4) is 0 Å².